The number of thioether (sulfide) groups is 1. The lowest BCUT2D eigenvalue weighted by Gasteiger charge is -2.10. The van der Waals surface area contributed by atoms with Crippen LogP contribution in [-0.2, 0) is 11.3 Å². The number of rotatable bonds is 5. The number of non-ortho nitro benzene ring substituents is 1. The Morgan fingerprint density at radius 2 is 2.04 bits per heavy atom. The summed E-state index contributed by atoms with van der Waals surface area (Å²) < 4.78 is 0. The first-order valence-corrected chi connectivity index (χ1v) is 9.40. The quantitative estimate of drug-likeness (QED) is 0.615. The van der Waals surface area contributed by atoms with Crippen molar-refractivity contribution in [3.05, 3.63) is 63.2 Å². The van der Waals surface area contributed by atoms with Crippen LogP contribution in [0.4, 0.5) is 5.69 Å². The number of carboxylic acids is 1. The van der Waals surface area contributed by atoms with Crippen LogP contribution in [0.3, 0.4) is 0 Å². The van der Waals surface area contributed by atoms with Crippen LogP contribution < -0.4 is 0 Å². The zero-order chi connectivity index (χ0) is 19.7. The number of aliphatic imine (C=N–C) groups is 1. The molecule has 0 bridgehead atoms. The molecule has 4 rings (SSSR count). The highest BCUT2D eigenvalue weighted by molar-refractivity contribution is 8.14. The van der Waals surface area contributed by atoms with Gasteiger partial charge in [0.05, 0.1) is 22.9 Å². The fourth-order valence-corrected chi connectivity index (χ4v) is 3.77. The molecule has 0 unspecified atom stereocenters. The predicted octanol–water partition coefficient (Wildman–Crippen LogP) is 3.52. The van der Waals surface area contributed by atoms with Gasteiger partial charge in [-0.05, 0) is 22.8 Å². The molecule has 0 aromatic heterocycles. The minimum Gasteiger partial charge on any atom is -0.481 e. The predicted molar refractivity (Wildman–Crippen MR) is 109 cm³/mol. The molecule has 0 atom stereocenters. The number of hydrogen-bond acceptors (Lipinski definition) is 7. The summed E-state index contributed by atoms with van der Waals surface area (Å²) in [4.78, 5) is 26.0. The Balaban J connectivity index is 1.69. The number of fused-ring (bicyclic) bond motifs is 1. The molecule has 8 nitrogen and oxygen atoms in total. The van der Waals surface area contributed by atoms with Crippen LogP contribution in [0.25, 0.3) is 11.1 Å². The van der Waals surface area contributed by atoms with Crippen LogP contribution in [0, 0.1) is 10.1 Å². The first-order chi connectivity index (χ1) is 13.5. The average Bonchev–Trinajstić information content (AvgIpc) is 3.35. The molecule has 0 saturated carbocycles. The van der Waals surface area contributed by atoms with Crippen molar-refractivity contribution in [1.82, 2.24) is 0 Å². The van der Waals surface area contributed by atoms with E-state index in [1.165, 1.54) is 6.07 Å². The van der Waals surface area contributed by atoms with E-state index in [9.17, 15) is 14.9 Å². The van der Waals surface area contributed by atoms with Crippen molar-refractivity contribution in [1.29, 1.82) is 0 Å². The summed E-state index contributed by atoms with van der Waals surface area (Å²) >= 11 is 1.10. The van der Waals surface area contributed by atoms with Crippen molar-refractivity contribution < 1.29 is 14.8 Å². The number of benzene rings is 2. The third kappa shape index (κ3) is 3.56. The molecule has 0 amide bonds. The van der Waals surface area contributed by atoms with E-state index in [0.717, 1.165) is 28.5 Å². The summed E-state index contributed by atoms with van der Waals surface area (Å²) in [5.74, 6) is -1.03. The zero-order valence-electron chi connectivity index (χ0n) is 14.5. The highest BCUT2D eigenvalue weighted by atomic mass is 32.2. The first-order valence-electron chi connectivity index (χ1n) is 8.41. The Morgan fingerprint density at radius 1 is 1.21 bits per heavy atom. The normalized spacial score (nSPS) is 14.6. The standard InChI is InChI=1S/C19H14N4O4S/c24-19(25)10-28-18-7-17(21-22-18)13-4-12(5-14(6-13)23(26)27)15-3-1-2-11-8-20-9-16(11)15/h1-6,9H,7-8,10H2,(H,24,25). The van der Waals surface area contributed by atoms with Gasteiger partial charge in [0.2, 0.25) is 0 Å². The Labute approximate surface area is 163 Å². The SMILES string of the molecule is O=C(O)CSC1=NN=C(c2cc(-c3cccc4c3C=NC4)cc([N+](=O)[O-])c2)C1. The van der Waals surface area contributed by atoms with Gasteiger partial charge < -0.3 is 5.11 Å². The Hall–Kier alpha value is -3.33. The van der Waals surface area contributed by atoms with Gasteiger partial charge in [-0.15, -0.1) is 5.10 Å². The molecular weight excluding hydrogens is 380 g/mol. The Morgan fingerprint density at radius 3 is 2.82 bits per heavy atom. The molecular formula is C19H14N4O4S. The molecule has 140 valence electrons. The van der Waals surface area contributed by atoms with E-state index in [0.29, 0.717) is 34.8 Å². The van der Waals surface area contributed by atoms with Gasteiger partial charge in [0.15, 0.2) is 0 Å². The molecule has 2 aromatic rings. The second kappa shape index (κ2) is 7.35. The van der Waals surface area contributed by atoms with Gasteiger partial charge in [-0.3, -0.25) is 19.9 Å². The Kier molecular flexibility index (Phi) is 4.74. The summed E-state index contributed by atoms with van der Waals surface area (Å²) in [6, 6.07) is 10.7. The first kappa shape index (κ1) is 18.1. The molecule has 0 radical (unpaired) electrons. The van der Waals surface area contributed by atoms with Crippen molar-refractivity contribution in [3.63, 3.8) is 0 Å². The van der Waals surface area contributed by atoms with E-state index in [4.69, 9.17) is 5.11 Å². The summed E-state index contributed by atoms with van der Waals surface area (Å²) in [6.07, 6.45) is 2.15. The van der Waals surface area contributed by atoms with Crippen molar-refractivity contribution in [2.45, 2.75) is 13.0 Å². The molecule has 9 heteroatoms. The van der Waals surface area contributed by atoms with E-state index in [1.54, 1.807) is 12.3 Å². The number of nitro groups is 1. The van der Waals surface area contributed by atoms with Gasteiger partial charge in [0, 0.05) is 35.9 Å². The molecule has 2 aromatic carbocycles. The lowest BCUT2D eigenvalue weighted by molar-refractivity contribution is -0.384. The van der Waals surface area contributed by atoms with Crippen molar-refractivity contribution >= 4 is 40.4 Å². The third-order valence-corrected chi connectivity index (χ3v) is 5.36. The van der Waals surface area contributed by atoms with E-state index >= 15 is 0 Å². The van der Waals surface area contributed by atoms with Crippen LogP contribution >= 0.6 is 11.8 Å². The molecule has 1 N–H and O–H groups in total. The van der Waals surface area contributed by atoms with Gasteiger partial charge in [-0.25, -0.2) is 0 Å². The van der Waals surface area contributed by atoms with E-state index in [-0.39, 0.29) is 11.4 Å². The van der Waals surface area contributed by atoms with Crippen molar-refractivity contribution in [3.8, 4) is 11.1 Å². The number of carbonyl (C=O) groups is 1. The minimum absolute atomic E-state index is 0.0330. The van der Waals surface area contributed by atoms with Crippen molar-refractivity contribution in [2.75, 3.05) is 5.75 Å². The number of nitrogens with zero attached hydrogens (tertiary/aromatic N) is 4. The molecule has 2 heterocycles. The maximum absolute atomic E-state index is 11.5. The van der Waals surface area contributed by atoms with Crippen LogP contribution in [-0.4, -0.2) is 38.7 Å². The molecule has 2 aliphatic rings. The summed E-state index contributed by atoms with van der Waals surface area (Å²) in [6.45, 7) is 0.607. The second-order valence-corrected chi connectivity index (χ2v) is 7.32. The second-order valence-electron chi connectivity index (χ2n) is 6.27. The number of hydrogen-bond donors (Lipinski definition) is 1. The number of nitro benzene ring substituents is 1. The lowest BCUT2D eigenvalue weighted by atomic mass is 9.94. The molecule has 0 saturated heterocycles. The van der Waals surface area contributed by atoms with Crippen molar-refractivity contribution in [2.24, 2.45) is 15.2 Å². The topological polar surface area (TPSA) is 118 Å². The monoisotopic (exact) mass is 394 g/mol. The summed E-state index contributed by atoms with van der Waals surface area (Å²) in [5.41, 5.74) is 4.79. The zero-order valence-corrected chi connectivity index (χ0v) is 15.3. The van der Waals surface area contributed by atoms with Gasteiger partial charge in [0.25, 0.3) is 5.69 Å². The van der Waals surface area contributed by atoms with E-state index in [1.807, 2.05) is 24.3 Å². The maximum Gasteiger partial charge on any atom is 0.313 e. The minimum atomic E-state index is -0.932. The summed E-state index contributed by atoms with van der Waals surface area (Å²) in [7, 11) is 0. The lowest BCUT2D eigenvalue weighted by Crippen LogP contribution is -2.06. The third-order valence-electron chi connectivity index (χ3n) is 4.41. The van der Waals surface area contributed by atoms with Crippen LogP contribution in [0.1, 0.15) is 23.1 Å². The van der Waals surface area contributed by atoms with Gasteiger partial charge >= 0.3 is 5.97 Å². The smallest absolute Gasteiger partial charge is 0.313 e. The fourth-order valence-electron chi connectivity index (χ4n) is 3.14. The van der Waals surface area contributed by atoms with E-state index < -0.39 is 10.9 Å². The van der Waals surface area contributed by atoms with Gasteiger partial charge in [-0.2, -0.15) is 5.10 Å². The molecule has 0 aliphatic carbocycles. The van der Waals surface area contributed by atoms with Gasteiger partial charge in [-0.1, -0.05) is 30.0 Å². The fraction of sp³-hybridized carbons (Fsp3) is 0.158. The molecule has 28 heavy (non-hydrogen) atoms. The molecule has 0 spiro atoms. The number of carboxylic acid groups (broad SMARTS) is 1. The Bertz CT molecular complexity index is 1090. The average molecular weight is 394 g/mol. The molecule has 0 fully saturated rings. The van der Waals surface area contributed by atoms with Crippen LogP contribution in [0.15, 0.2) is 51.6 Å². The van der Waals surface area contributed by atoms with E-state index in [2.05, 4.69) is 15.2 Å². The maximum atomic E-state index is 11.5. The summed E-state index contributed by atoms with van der Waals surface area (Å²) in [5, 5.41) is 29.0. The van der Waals surface area contributed by atoms with Crippen LogP contribution in [0.2, 0.25) is 0 Å². The molecule has 2 aliphatic heterocycles. The highest BCUT2D eigenvalue weighted by Crippen LogP contribution is 2.32. The van der Waals surface area contributed by atoms with Gasteiger partial charge in [0.1, 0.15) is 5.04 Å². The highest BCUT2D eigenvalue weighted by Gasteiger charge is 2.21. The largest absolute Gasteiger partial charge is 0.481 e. The number of aliphatic carboxylic acids is 1. The van der Waals surface area contributed by atoms with Crippen LogP contribution in [0.5, 0.6) is 0 Å².